The van der Waals surface area contributed by atoms with E-state index >= 15 is 0 Å². The van der Waals surface area contributed by atoms with Gasteiger partial charge in [0.2, 0.25) is 0 Å². The first-order valence-electron chi connectivity index (χ1n) is 5.46. The van der Waals surface area contributed by atoms with Gasteiger partial charge in [-0.05, 0) is 17.7 Å². The summed E-state index contributed by atoms with van der Waals surface area (Å²) < 4.78 is 27.7. The third kappa shape index (κ3) is 3.87. The molecule has 0 bridgehead atoms. The molecule has 0 fully saturated rings. The fourth-order valence-corrected chi connectivity index (χ4v) is 2.86. The van der Waals surface area contributed by atoms with E-state index in [1.165, 1.54) is 4.31 Å². The average molecular weight is 277 g/mol. The molecule has 0 aliphatic rings. The van der Waals surface area contributed by atoms with Gasteiger partial charge in [-0.25, -0.2) is 0 Å². The zero-order valence-corrected chi connectivity index (χ0v) is 11.6. The third-order valence-corrected chi connectivity index (χ3v) is 4.40. The molecule has 6 heteroatoms. The highest BCUT2D eigenvalue weighted by molar-refractivity contribution is 7.90. The maximum atomic E-state index is 11.9. The number of hydrogen-bond donors (Lipinski definition) is 1. The van der Waals surface area contributed by atoms with E-state index in [9.17, 15) is 8.42 Å². The highest BCUT2D eigenvalue weighted by Gasteiger charge is 2.17. The summed E-state index contributed by atoms with van der Waals surface area (Å²) in [5, 5.41) is 0. The van der Waals surface area contributed by atoms with E-state index in [1.807, 2.05) is 0 Å². The van der Waals surface area contributed by atoms with Crippen molar-refractivity contribution in [2.45, 2.75) is 19.7 Å². The van der Waals surface area contributed by atoms with E-state index in [2.05, 4.69) is 4.72 Å². The lowest BCUT2D eigenvalue weighted by molar-refractivity contribution is 0.449. The van der Waals surface area contributed by atoms with Crippen molar-refractivity contribution in [1.82, 2.24) is 4.31 Å². The lowest BCUT2D eigenvalue weighted by Gasteiger charge is -2.19. The Labute approximate surface area is 108 Å². The van der Waals surface area contributed by atoms with Crippen molar-refractivity contribution in [3.63, 3.8) is 0 Å². The van der Waals surface area contributed by atoms with Crippen molar-refractivity contribution < 1.29 is 8.42 Å². The van der Waals surface area contributed by atoms with Crippen LogP contribution in [0.5, 0.6) is 0 Å². The number of nitrogens with one attached hydrogen (secondary N) is 1. The Kier molecular flexibility index (Phi) is 5.24. The second-order valence-electron chi connectivity index (χ2n) is 3.52. The van der Waals surface area contributed by atoms with Gasteiger partial charge in [-0.15, -0.1) is 11.6 Å². The van der Waals surface area contributed by atoms with Crippen LogP contribution in [0.2, 0.25) is 0 Å². The van der Waals surface area contributed by atoms with Crippen LogP contribution in [-0.2, 0) is 16.1 Å². The van der Waals surface area contributed by atoms with Crippen LogP contribution in [0, 0.1) is 0 Å². The molecule has 96 valence electrons. The molecule has 0 aliphatic carbocycles. The molecule has 0 aromatic heterocycles. The van der Waals surface area contributed by atoms with Crippen LogP contribution in [0.3, 0.4) is 0 Å². The van der Waals surface area contributed by atoms with Crippen molar-refractivity contribution in [3.05, 3.63) is 29.8 Å². The predicted molar refractivity (Wildman–Crippen MR) is 71.5 cm³/mol. The Hall–Kier alpha value is -0.780. The van der Waals surface area contributed by atoms with Gasteiger partial charge in [0.05, 0.1) is 0 Å². The molecule has 1 rings (SSSR count). The molecule has 0 spiro atoms. The molecule has 0 saturated carbocycles. The summed E-state index contributed by atoms with van der Waals surface area (Å²) in [6.45, 7) is 4.51. The lowest BCUT2D eigenvalue weighted by Crippen LogP contribution is -2.35. The number of halogens is 1. The molecule has 0 amide bonds. The van der Waals surface area contributed by atoms with Crippen molar-refractivity contribution in [2.24, 2.45) is 0 Å². The molecular formula is C11H17ClN2O2S. The monoisotopic (exact) mass is 276 g/mol. The minimum Gasteiger partial charge on any atom is -0.271 e. The van der Waals surface area contributed by atoms with Gasteiger partial charge in [0, 0.05) is 24.7 Å². The number of rotatable bonds is 6. The van der Waals surface area contributed by atoms with Crippen LogP contribution in [0.1, 0.15) is 19.4 Å². The fraction of sp³-hybridized carbons (Fsp3) is 0.455. The minimum absolute atomic E-state index is 0.420. The number of alkyl halides is 1. The quantitative estimate of drug-likeness (QED) is 0.811. The Morgan fingerprint density at radius 3 is 2.12 bits per heavy atom. The summed E-state index contributed by atoms with van der Waals surface area (Å²) in [6.07, 6.45) is 0. The van der Waals surface area contributed by atoms with Gasteiger partial charge in [-0.2, -0.15) is 12.7 Å². The molecule has 0 unspecified atom stereocenters. The van der Waals surface area contributed by atoms with Crippen LogP contribution in [0.25, 0.3) is 0 Å². The molecule has 0 aliphatic heterocycles. The Morgan fingerprint density at radius 1 is 1.18 bits per heavy atom. The normalized spacial score (nSPS) is 11.8. The van der Waals surface area contributed by atoms with Crippen molar-refractivity contribution in [3.8, 4) is 0 Å². The van der Waals surface area contributed by atoms with Gasteiger partial charge < -0.3 is 0 Å². The summed E-state index contributed by atoms with van der Waals surface area (Å²) in [7, 11) is -3.44. The highest BCUT2D eigenvalue weighted by Crippen LogP contribution is 2.14. The van der Waals surface area contributed by atoms with E-state index in [-0.39, 0.29) is 0 Å². The van der Waals surface area contributed by atoms with Gasteiger partial charge in [-0.1, -0.05) is 26.0 Å². The number of hydrogen-bond acceptors (Lipinski definition) is 2. The number of nitrogens with zero attached hydrogens (tertiary/aromatic N) is 1. The molecule has 1 aromatic rings. The highest BCUT2D eigenvalue weighted by atomic mass is 35.5. The van der Waals surface area contributed by atoms with Gasteiger partial charge in [0.1, 0.15) is 0 Å². The molecule has 0 atom stereocenters. The second kappa shape index (κ2) is 6.23. The maximum absolute atomic E-state index is 11.9. The smallest absolute Gasteiger partial charge is 0.271 e. The summed E-state index contributed by atoms with van der Waals surface area (Å²) >= 11 is 5.66. The van der Waals surface area contributed by atoms with E-state index in [4.69, 9.17) is 11.6 Å². The Balaban J connectivity index is 2.82. The van der Waals surface area contributed by atoms with Gasteiger partial charge in [-0.3, -0.25) is 4.72 Å². The summed E-state index contributed by atoms with van der Waals surface area (Å²) in [6, 6.07) is 7.01. The van der Waals surface area contributed by atoms with Crippen molar-refractivity contribution in [1.29, 1.82) is 0 Å². The largest absolute Gasteiger partial charge is 0.301 e. The molecule has 1 N–H and O–H groups in total. The van der Waals surface area contributed by atoms with Crippen LogP contribution < -0.4 is 4.72 Å². The predicted octanol–water partition coefficient (Wildman–Crippen LogP) is 2.42. The summed E-state index contributed by atoms with van der Waals surface area (Å²) in [5.74, 6) is 0.420. The molecule has 4 nitrogen and oxygen atoms in total. The van der Waals surface area contributed by atoms with E-state index in [0.717, 1.165) is 5.56 Å². The molecule has 0 saturated heterocycles. The van der Waals surface area contributed by atoms with Crippen LogP contribution in [0.15, 0.2) is 24.3 Å². The lowest BCUT2D eigenvalue weighted by atomic mass is 10.2. The minimum atomic E-state index is -3.44. The first kappa shape index (κ1) is 14.3. The van der Waals surface area contributed by atoms with Crippen LogP contribution in [-0.4, -0.2) is 25.8 Å². The Morgan fingerprint density at radius 2 is 1.71 bits per heavy atom. The zero-order valence-electron chi connectivity index (χ0n) is 9.98. The van der Waals surface area contributed by atoms with E-state index in [1.54, 1.807) is 38.1 Å². The molecule has 1 aromatic carbocycles. The first-order valence-corrected chi connectivity index (χ1v) is 7.43. The maximum Gasteiger partial charge on any atom is 0.301 e. The number of anilines is 1. The summed E-state index contributed by atoms with van der Waals surface area (Å²) in [5.41, 5.74) is 1.50. The summed E-state index contributed by atoms with van der Waals surface area (Å²) in [4.78, 5) is 0. The van der Waals surface area contributed by atoms with Gasteiger partial charge in [0.15, 0.2) is 0 Å². The number of benzene rings is 1. The van der Waals surface area contributed by atoms with Gasteiger partial charge in [0.25, 0.3) is 0 Å². The van der Waals surface area contributed by atoms with Crippen LogP contribution >= 0.6 is 11.6 Å². The standard InChI is InChI=1S/C11H17ClN2O2S/c1-3-14(4-2)17(15,16)13-11-7-5-10(9-12)6-8-11/h5-8,13H,3-4,9H2,1-2H3. The third-order valence-electron chi connectivity index (χ3n) is 2.40. The molecule has 0 heterocycles. The van der Waals surface area contributed by atoms with Crippen molar-refractivity contribution in [2.75, 3.05) is 17.8 Å². The van der Waals surface area contributed by atoms with E-state index < -0.39 is 10.2 Å². The molecule has 0 radical (unpaired) electrons. The average Bonchev–Trinajstić information content (AvgIpc) is 2.30. The molecular weight excluding hydrogens is 260 g/mol. The van der Waals surface area contributed by atoms with E-state index in [0.29, 0.717) is 24.7 Å². The SMILES string of the molecule is CCN(CC)S(=O)(=O)Nc1ccc(CCl)cc1. The first-order chi connectivity index (χ1) is 8.03. The van der Waals surface area contributed by atoms with Crippen molar-refractivity contribution >= 4 is 27.5 Å². The van der Waals surface area contributed by atoms with Crippen LogP contribution in [0.4, 0.5) is 5.69 Å². The topological polar surface area (TPSA) is 49.4 Å². The molecule has 17 heavy (non-hydrogen) atoms. The van der Waals surface area contributed by atoms with Gasteiger partial charge >= 0.3 is 10.2 Å². The second-order valence-corrected chi connectivity index (χ2v) is 5.46. The zero-order chi connectivity index (χ0) is 12.9. The fourth-order valence-electron chi connectivity index (χ4n) is 1.44. The Bertz CT molecular complexity index is 441.